The molecule has 0 saturated carbocycles. The van der Waals surface area contributed by atoms with Crippen LogP contribution in [0, 0.1) is 6.92 Å². The molecule has 2 aromatic rings. The zero-order valence-electron chi connectivity index (χ0n) is 8.99. The van der Waals surface area contributed by atoms with Crippen LogP contribution in [0.5, 0.6) is 0 Å². The Morgan fingerprint density at radius 2 is 2.13 bits per heavy atom. The number of nitrogens with one attached hydrogen (secondary N) is 1. The van der Waals surface area contributed by atoms with E-state index in [0.29, 0.717) is 6.04 Å². The van der Waals surface area contributed by atoms with Gasteiger partial charge in [-0.1, -0.05) is 6.07 Å². The third-order valence-electron chi connectivity index (χ3n) is 2.51. The lowest BCUT2D eigenvalue weighted by Gasteiger charge is -2.11. The third-order valence-corrected chi connectivity index (χ3v) is 4.58. The van der Waals surface area contributed by atoms with Gasteiger partial charge in [0, 0.05) is 22.3 Å². The van der Waals surface area contributed by atoms with E-state index in [1.807, 2.05) is 22.7 Å². The fourth-order valence-corrected chi connectivity index (χ4v) is 3.09. The molecule has 0 radical (unpaired) electrons. The SMILES string of the molecule is Cc1ccsc1CNC(C)c1cccs1. The van der Waals surface area contributed by atoms with E-state index in [0.717, 1.165) is 6.54 Å². The summed E-state index contributed by atoms with van der Waals surface area (Å²) in [6.07, 6.45) is 0. The molecule has 1 unspecified atom stereocenters. The van der Waals surface area contributed by atoms with Gasteiger partial charge in [0.25, 0.3) is 0 Å². The van der Waals surface area contributed by atoms with E-state index in [9.17, 15) is 0 Å². The summed E-state index contributed by atoms with van der Waals surface area (Å²) in [5.41, 5.74) is 1.39. The molecular formula is C12H15NS2. The second-order valence-corrected chi connectivity index (χ2v) is 5.62. The van der Waals surface area contributed by atoms with Crippen LogP contribution in [0.15, 0.2) is 29.0 Å². The van der Waals surface area contributed by atoms with Crippen LogP contribution in [0.2, 0.25) is 0 Å². The summed E-state index contributed by atoms with van der Waals surface area (Å²) < 4.78 is 0. The Balaban J connectivity index is 1.91. The first-order valence-corrected chi connectivity index (χ1v) is 6.83. The number of aryl methyl sites for hydroxylation is 1. The predicted molar refractivity (Wildman–Crippen MR) is 68.6 cm³/mol. The molecule has 1 nitrogen and oxygen atoms in total. The Bertz CT molecular complexity index is 403. The molecule has 3 heteroatoms. The fraction of sp³-hybridized carbons (Fsp3) is 0.333. The highest BCUT2D eigenvalue weighted by molar-refractivity contribution is 7.10. The van der Waals surface area contributed by atoms with Crippen LogP contribution < -0.4 is 5.32 Å². The minimum absolute atomic E-state index is 0.450. The lowest BCUT2D eigenvalue weighted by Crippen LogP contribution is -2.16. The van der Waals surface area contributed by atoms with E-state index in [1.165, 1.54) is 15.3 Å². The molecule has 0 fully saturated rings. The van der Waals surface area contributed by atoms with Crippen LogP contribution in [0.3, 0.4) is 0 Å². The van der Waals surface area contributed by atoms with E-state index in [4.69, 9.17) is 0 Å². The topological polar surface area (TPSA) is 12.0 Å². The molecule has 2 aromatic heterocycles. The molecule has 1 atom stereocenters. The molecule has 0 spiro atoms. The standard InChI is InChI=1S/C12H15NS2/c1-9-5-7-15-12(9)8-13-10(2)11-4-3-6-14-11/h3-7,10,13H,8H2,1-2H3. The normalized spacial score (nSPS) is 12.9. The Kier molecular flexibility index (Phi) is 3.57. The van der Waals surface area contributed by atoms with Crippen molar-refractivity contribution in [3.05, 3.63) is 44.3 Å². The quantitative estimate of drug-likeness (QED) is 0.848. The second kappa shape index (κ2) is 4.92. The number of thiophene rings is 2. The second-order valence-electron chi connectivity index (χ2n) is 3.64. The van der Waals surface area contributed by atoms with Gasteiger partial charge in [0.1, 0.15) is 0 Å². The van der Waals surface area contributed by atoms with Crippen molar-refractivity contribution < 1.29 is 0 Å². The first-order valence-electron chi connectivity index (χ1n) is 5.07. The highest BCUT2D eigenvalue weighted by atomic mass is 32.1. The van der Waals surface area contributed by atoms with Gasteiger partial charge in [-0.15, -0.1) is 22.7 Å². The first-order chi connectivity index (χ1) is 7.27. The van der Waals surface area contributed by atoms with Crippen LogP contribution >= 0.6 is 22.7 Å². The molecule has 0 bridgehead atoms. The summed E-state index contributed by atoms with van der Waals surface area (Å²) in [5.74, 6) is 0. The summed E-state index contributed by atoms with van der Waals surface area (Å²) in [6, 6.07) is 6.92. The van der Waals surface area contributed by atoms with E-state index < -0.39 is 0 Å². The van der Waals surface area contributed by atoms with Gasteiger partial charge in [0.2, 0.25) is 0 Å². The molecule has 0 aromatic carbocycles. The fourth-order valence-electron chi connectivity index (χ4n) is 1.47. The van der Waals surface area contributed by atoms with Crippen molar-refractivity contribution in [1.82, 2.24) is 5.32 Å². The number of hydrogen-bond acceptors (Lipinski definition) is 3. The average molecular weight is 237 g/mol. The first kappa shape index (κ1) is 10.9. The molecule has 2 rings (SSSR count). The maximum atomic E-state index is 3.55. The highest BCUT2D eigenvalue weighted by Crippen LogP contribution is 2.20. The van der Waals surface area contributed by atoms with E-state index in [-0.39, 0.29) is 0 Å². The van der Waals surface area contributed by atoms with Crippen LogP contribution in [0.4, 0.5) is 0 Å². The molecule has 1 N–H and O–H groups in total. The molecule has 80 valence electrons. The molecule has 0 aliphatic heterocycles. The van der Waals surface area contributed by atoms with Crippen LogP contribution in [0.1, 0.15) is 28.3 Å². The van der Waals surface area contributed by atoms with Gasteiger partial charge in [-0.05, 0) is 42.3 Å². The van der Waals surface area contributed by atoms with Gasteiger partial charge in [0.05, 0.1) is 0 Å². The van der Waals surface area contributed by atoms with Crippen molar-refractivity contribution in [3.63, 3.8) is 0 Å². The minimum Gasteiger partial charge on any atom is -0.305 e. The maximum absolute atomic E-state index is 3.55. The van der Waals surface area contributed by atoms with Crippen LogP contribution in [-0.4, -0.2) is 0 Å². The molecule has 0 aliphatic carbocycles. The number of hydrogen-bond donors (Lipinski definition) is 1. The molecule has 2 heterocycles. The van der Waals surface area contributed by atoms with Gasteiger partial charge in [-0.2, -0.15) is 0 Å². The van der Waals surface area contributed by atoms with Gasteiger partial charge < -0.3 is 5.32 Å². The smallest absolute Gasteiger partial charge is 0.0389 e. The highest BCUT2D eigenvalue weighted by Gasteiger charge is 2.06. The minimum atomic E-state index is 0.450. The largest absolute Gasteiger partial charge is 0.305 e. The van der Waals surface area contributed by atoms with Crippen LogP contribution in [-0.2, 0) is 6.54 Å². The van der Waals surface area contributed by atoms with E-state index in [1.54, 1.807) is 0 Å². The zero-order valence-corrected chi connectivity index (χ0v) is 10.6. The van der Waals surface area contributed by atoms with Gasteiger partial charge >= 0.3 is 0 Å². The summed E-state index contributed by atoms with van der Waals surface area (Å²) in [7, 11) is 0. The third kappa shape index (κ3) is 2.68. The zero-order chi connectivity index (χ0) is 10.7. The van der Waals surface area contributed by atoms with Gasteiger partial charge in [0.15, 0.2) is 0 Å². The summed E-state index contributed by atoms with van der Waals surface area (Å²) in [6.45, 7) is 5.36. The Morgan fingerprint density at radius 1 is 1.27 bits per heavy atom. The van der Waals surface area contributed by atoms with Crippen molar-refractivity contribution >= 4 is 22.7 Å². The lowest BCUT2D eigenvalue weighted by atomic mass is 10.2. The maximum Gasteiger partial charge on any atom is 0.0389 e. The van der Waals surface area contributed by atoms with Crippen LogP contribution in [0.25, 0.3) is 0 Å². The molecular weight excluding hydrogens is 222 g/mol. The molecule has 0 amide bonds. The van der Waals surface area contributed by atoms with Crippen molar-refractivity contribution in [2.75, 3.05) is 0 Å². The van der Waals surface area contributed by atoms with Gasteiger partial charge in [-0.25, -0.2) is 0 Å². The molecule has 0 saturated heterocycles. The van der Waals surface area contributed by atoms with E-state index >= 15 is 0 Å². The summed E-state index contributed by atoms with van der Waals surface area (Å²) in [5, 5.41) is 7.83. The molecule has 0 aliphatic rings. The lowest BCUT2D eigenvalue weighted by molar-refractivity contribution is 0.586. The monoisotopic (exact) mass is 237 g/mol. The predicted octanol–water partition coefficient (Wildman–Crippen LogP) is 3.97. The Morgan fingerprint density at radius 3 is 2.73 bits per heavy atom. The Hall–Kier alpha value is -0.640. The van der Waals surface area contributed by atoms with Gasteiger partial charge in [-0.3, -0.25) is 0 Å². The number of rotatable bonds is 4. The van der Waals surface area contributed by atoms with Crippen molar-refractivity contribution in [2.45, 2.75) is 26.4 Å². The summed E-state index contributed by atoms with van der Waals surface area (Å²) >= 11 is 3.64. The average Bonchev–Trinajstić information content (AvgIpc) is 2.85. The summed E-state index contributed by atoms with van der Waals surface area (Å²) in [4.78, 5) is 2.85. The van der Waals surface area contributed by atoms with E-state index in [2.05, 4.69) is 48.1 Å². The Labute approximate surface area is 98.8 Å². The van der Waals surface area contributed by atoms with Crippen molar-refractivity contribution in [1.29, 1.82) is 0 Å². The van der Waals surface area contributed by atoms with Crippen molar-refractivity contribution in [3.8, 4) is 0 Å². The van der Waals surface area contributed by atoms with Crippen molar-refractivity contribution in [2.24, 2.45) is 0 Å². The molecule has 15 heavy (non-hydrogen) atoms.